The largest absolute Gasteiger partial charge is 0.493 e. The minimum atomic E-state index is 0. The standard InChI is InChI=1S/C17H19O3P.Li/c1-3-19-14-11-8-12-15(20-4-2)16(14)17(18)21-13-9-6-5-7-10-13;/h5-12,21H,3-4H2,1-2H3;. The van der Waals surface area contributed by atoms with Gasteiger partial charge in [0, 0.05) is 18.9 Å². The van der Waals surface area contributed by atoms with Gasteiger partial charge in [0.1, 0.15) is 17.1 Å². The SMILES string of the molecule is CCOc1cccc(OCC)c1C(=O)Pc1ccccc1.[Li]. The van der Waals surface area contributed by atoms with E-state index in [1.807, 2.05) is 62.4 Å². The molecular weight excluding hydrogens is 290 g/mol. The smallest absolute Gasteiger partial charge is 0.193 e. The molecule has 1 atom stereocenters. The Morgan fingerprint density at radius 1 is 0.909 bits per heavy atom. The zero-order valence-electron chi connectivity index (χ0n) is 13.3. The second-order valence-corrected chi connectivity index (χ2v) is 5.60. The Kier molecular flexibility index (Phi) is 8.28. The number of carbonyl (C=O) groups is 1. The Bertz CT molecular complexity index is 578. The molecule has 1 unspecified atom stereocenters. The van der Waals surface area contributed by atoms with Crippen LogP contribution in [0.5, 0.6) is 11.5 Å². The molecule has 22 heavy (non-hydrogen) atoms. The molecule has 0 aromatic heterocycles. The van der Waals surface area contributed by atoms with Crippen LogP contribution in [0.25, 0.3) is 0 Å². The zero-order chi connectivity index (χ0) is 15.1. The number of benzene rings is 2. The van der Waals surface area contributed by atoms with Crippen molar-refractivity contribution in [1.29, 1.82) is 0 Å². The Labute approximate surface area is 145 Å². The summed E-state index contributed by atoms with van der Waals surface area (Å²) < 4.78 is 11.2. The van der Waals surface area contributed by atoms with E-state index in [1.165, 1.54) is 0 Å². The van der Waals surface area contributed by atoms with Gasteiger partial charge in [0.15, 0.2) is 5.52 Å². The van der Waals surface area contributed by atoms with Crippen molar-refractivity contribution in [2.24, 2.45) is 0 Å². The van der Waals surface area contributed by atoms with Gasteiger partial charge in [-0.1, -0.05) is 36.4 Å². The number of rotatable bonds is 7. The number of hydrogen-bond acceptors (Lipinski definition) is 3. The van der Waals surface area contributed by atoms with Crippen molar-refractivity contribution in [3.63, 3.8) is 0 Å². The van der Waals surface area contributed by atoms with E-state index in [1.54, 1.807) is 0 Å². The average molecular weight is 309 g/mol. The van der Waals surface area contributed by atoms with Crippen LogP contribution in [0.2, 0.25) is 0 Å². The Hall–Kier alpha value is -1.26. The van der Waals surface area contributed by atoms with Crippen LogP contribution in [0.1, 0.15) is 24.2 Å². The average Bonchev–Trinajstić information content (AvgIpc) is 2.49. The van der Waals surface area contributed by atoms with Gasteiger partial charge < -0.3 is 9.47 Å². The van der Waals surface area contributed by atoms with E-state index in [4.69, 9.17) is 9.47 Å². The Balaban J connectivity index is 0.00000242. The molecule has 5 heteroatoms. The predicted octanol–water partition coefficient (Wildman–Crippen LogP) is 3.25. The molecule has 0 N–H and O–H groups in total. The van der Waals surface area contributed by atoms with Crippen molar-refractivity contribution in [2.45, 2.75) is 13.8 Å². The maximum absolute atomic E-state index is 12.7. The van der Waals surface area contributed by atoms with Gasteiger partial charge >= 0.3 is 0 Å². The first-order valence-electron chi connectivity index (χ1n) is 7.01. The molecule has 2 rings (SSSR count). The van der Waals surface area contributed by atoms with Gasteiger partial charge in [-0.05, 0) is 39.9 Å². The molecular formula is C17H19LiO3P. The fraction of sp³-hybridized carbons (Fsp3) is 0.235. The van der Waals surface area contributed by atoms with E-state index in [0.29, 0.717) is 30.3 Å². The minimum Gasteiger partial charge on any atom is -0.493 e. The molecule has 0 heterocycles. The second-order valence-electron chi connectivity index (χ2n) is 4.32. The van der Waals surface area contributed by atoms with E-state index < -0.39 is 0 Å². The Morgan fingerprint density at radius 2 is 1.45 bits per heavy atom. The normalized spacial score (nSPS) is 10.3. The minimum absolute atomic E-state index is 0. The van der Waals surface area contributed by atoms with E-state index in [-0.39, 0.29) is 33.0 Å². The maximum Gasteiger partial charge on any atom is 0.193 e. The van der Waals surface area contributed by atoms with E-state index >= 15 is 0 Å². The zero-order valence-corrected chi connectivity index (χ0v) is 14.3. The van der Waals surface area contributed by atoms with Crippen LogP contribution >= 0.6 is 8.58 Å². The summed E-state index contributed by atoms with van der Waals surface area (Å²) in [5.41, 5.74) is 0.581. The third-order valence-corrected chi connectivity index (χ3v) is 3.95. The van der Waals surface area contributed by atoms with Crippen molar-refractivity contribution in [2.75, 3.05) is 13.2 Å². The molecule has 0 saturated carbocycles. The van der Waals surface area contributed by atoms with Gasteiger partial charge in [-0.2, -0.15) is 0 Å². The summed E-state index contributed by atoms with van der Waals surface area (Å²) in [4.78, 5) is 12.7. The molecule has 1 radical (unpaired) electrons. The summed E-state index contributed by atoms with van der Waals surface area (Å²) >= 11 is 0. The van der Waals surface area contributed by atoms with Crippen molar-refractivity contribution >= 4 is 38.3 Å². The van der Waals surface area contributed by atoms with E-state index in [2.05, 4.69) is 0 Å². The van der Waals surface area contributed by atoms with Gasteiger partial charge in [0.05, 0.1) is 13.2 Å². The van der Waals surface area contributed by atoms with Crippen LogP contribution < -0.4 is 14.8 Å². The van der Waals surface area contributed by atoms with Gasteiger partial charge in [0.25, 0.3) is 0 Å². The third kappa shape index (κ3) is 4.89. The molecule has 0 bridgehead atoms. The van der Waals surface area contributed by atoms with Crippen molar-refractivity contribution < 1.29 is 14.3 Å². The summed E-state index contributed by atoms with van der Waals surface area (Å²) in [5.74, 6) is 1.19. The Morgan fingerprint density at radius 3 is 1.95 bits per heavy atom. The number of hydrogen-bond donors (Lipinski definition) is 0. The van der Waals surface area contributed by atoms with Gasteiger partial charge in [-0.15, -0.1) is 0 Å². The van der Waals surface area contributed by atoms with Gasteiger partial charge in [-0.25, -0.2) is 0 Å². The van der Waals surface area contributed by atoms with E-state index in [0.717, 1.165) is 5.30 Å². The molecule has 0 aliphatic rings. The fourth-order valence-electron chi connectivity index (χ4n) is 2.00. The van der Waals surface area contributed by atoms with Crippen LogP contribution in [0.15, 0.2) is 48.5 Å². The van der Waals surface area contributed by atoms with Crippen molar-refractivity contribution in [3.05, 3.63) is 54.1 Å². The molecule has 0 amide bonds. The summed E-state index contributed by atoms with van der Waals surface area (Å²) in [6, 6.07) is 15.2. The molecule has 111 valence electrons. The van der Waals surface area contributed by atoms with Gasteiger partial charge in [-0.3, -0.25) is 4.79 Å². The molecule has 2 aromatic carbocycles. The molecule has 0 spiro atoms. The third-order valence-electron chi connectivity index (χ3n) is 2.85. The summed E-state index contributed by atoms with van der Waals surface area (Å²) in [6.45, 7) is 4.84. The topological polar surface area (TPSA) is 35.5 Å². The molecule has 0 saturated heterocycles. The maximum atomic E-state index is 12.7. The molecule has 0 aliphatic carbocycles. The van der Waals surface area contributed by atoms with Crippen LogP contribution in [-0.2, 0) is 0 Å². The first kappa shape index (κ1) is 18.8. The predicted molar refractivity (Wildman–Crippen MR) is 93.3 cm³/mol. The van der Waals surface area contributed by atoms with Crippen molar-refractivity contribution in [3.8, 4) is 11.5 Å². The summed E-state index contributed by atoms with van der Waals surface area (Å²) in [5, 5.41) is 1.01. The van der Waals surface area contributed by atoms with Crippen LogP contribution in [0.3, 0.4) is 0 Å². The number of ether oxygens (including phenoxy) is 2. The van der Waals surface area contributed by atoms with Crippen LogP contribution in [-0.4, -0.2) is 37.6 Å². The first-order valence-corrected chi connectivity index (χ1v) is 8.01. The van der Waals surface area contributed by atoms with Crippen molar-refractivity contribution in [1.82, 2.24) is 0 Å². The van der Waals surface area contributed by atoms with Crippen LogP contribution in [0, 0.1) is 0 Å². The number of carbonyl (C=O) groups excluding carboxylic acids is 1. The summed E-state index contributed by atoms with van der Waals surface area (Å²) in [6.07, 6.45) is 0. The summed E-state index contributed by atoms with van der Waals surface area (Å²) in [7, 11) is 0.0585. The first-order chi connectivity index (χ1) is 10.3. The fourth-order valence-corrected chi connectivity index (χ4v) is 2.99. The van der Waals surface area contributed by atoms with E-state index in [9.17, 15) is 4.79 Å². The van der Waals surface area contributed by atoms with Crippen LogP contribution in [0.4, 0.5) is 0 Å². The second kappa shape index (κ2) is 9.69. The molecule has 2 aromatic rings. The quantitative estimate of drug-likeness (QED) is 0.582. The molecule has 0 aliphatic heterocycles. The monoisotopic (exact) mass is 309 g/mol. The molecule has 0 fully saturated rings. The molecule has 3 nitrogen and oxygen atoms in total. The van der Waals surface area contributed by atoms with Gasteiger partial charge in [0.2, 0.25) is 0 Å².